The van der Waals surface area contributed by atoms with Gasteiger partial charge in [-0.3, -0.25) is 19.3 Å². The Kier molecular flexibility index (Phi) is 4.79. The van der Waals surface area contributed by atoms with Crippen molar-refractivity contribution in [2.75, 3.05) is 0 Å². The van der Waals surface area contributed by atoms with Crippen LogP contribution in [0.25, 0.3) is 0 Å². The molecule has 6 nitrogen and oxygen atoms in total. The van der Waals surface area contributed by atoms with Crippen LogP contribution in [0.3, 0.4) is 0 Å². The highest BCUT2D eigenvalue weighted by molar-refractivity contribution is 6.22. The first-order chi connectivity index (χ1) is 13.1. The van der Waals surface area contributed by atoms with Gasteiger partial charge in [-0.25, -0.2) is 0 Å². The van der Waals surface area contributed by atoms with Gasteiger partial charge in [0.2, 0.25) is 0 Å². The zero-order valence-corrected chi connectivity index (χ0v) is 15.1. The highest BCUT2D eigenvalue weighted by Crippen LogP contribution is 2.26. The summed E-state index contributed by atoms with van der Waals surface area (Å²) in [6, 6.07) is 8.33. The second-order valence-corrected chi connectivity index (χ2v) is 7.20. The smallest absolute Gasteiger partial charge is 0.261 e. The molecular formula is C21H22N2O4. The summed E-state index contributed by atoms with van der Waals surface area (Å²) < 4.78 is 5.24. The summed E-state index contributed by atoms with van der Waals surface area (Å²) in [6.07, 6.45) is 8.17. The molecule has 1 saturated carbocycles. The summed E-state index contributed by atoms with van der Waals surface area (Å²) in [6.45, 7) is 0.0863. The van der Waals surface area contributed by atoms with Gasteiger partial charge in [0.15, 0.2) is 0 Å². The number of furan rings is 1. The van der Waals surface area contributed by atoms with Gasteiger partial charge in [-0.1, -0.05) is 25.7 Å². The van der Waals surface area contributed by atoms with Crippen LogP contribution in [-0.2, 0) is 6.54 Å². The van der Waals surface area contributed by atoms with Gasteiger partial charge in [0.25, 0.3) is 17.7 Å². The lowest BCUT2D eigenvalue weighted by Gasteiger charge is -2.16. The molecule has 0 bridgehead atoms. The molecular weight excluding hydrogens is 344 g/mol. The molecule has 1 aromatic carbocycles. The third-order valence-corrected chi connectivity index (χ3v) is 5.32. The van der Waals surface area contributed by atoms with Crippen LogP contribution in [0.2, 0.25) is 0 Å². The monoisotopic (exact) mass is 366 g/mol. The van der Waals surface area contributed by atoms with E-state index in [-0.39, 0.29) is 30.0 Å². The largest absolute Gasteiger partial charge is 0.467 e. The normalized spacial score (nSPS) is 17.7. The number of hydrogen-bond donors (Lipinski definition) is 1. The Labute approximate surface area is 157 Å². The molecule has 0 radical (unpaired) electrons. The zero-order valence-electron chi connectivity index (χ0n) is 15.1. The first kappa shape index (κ1) is 17.5. The second-order valence-electron chi connectivity index (χ2n) is 7.20. The molecule has 27 heavy (non-hydrogen) atoms. The highest BCUT2D eigenvalue weighted by atomic mass is 16.3. The number of amides is 3. The number of benzene rings is 1. The third-order valence-electron chi connectivity index (χ3n) is 5.32. The van der Waals surface area contributed by atoms with Crippen LogP contribution in [0.4, 0.5) is 0 Å². The Morgan fingerprint density at radius 2 is 1.78 bits per heavy atom. The predicted octanol–water partition coefficient (Wildman–Crippen LogP) is 3.53. The molecule has 0 spiro atoms. The average Bonchev–Trinajstić information content (AvgIpc) is 3.17. The van der Waals surface area contributed by atoms with Crippen molar-refractivity contribution in [1.82, 2.24) is 10.2 Å². The quantitative estimate of drug-likeness (QED) is 0.663. The second kappa shape index (κ2) is 7.39. The number of carbonyl (C=O) groups is 3. The molecule has 0 saturated heterocycles. The summed E-state index contributed by atoms with van der Waals surface area (Å²) in [7, 11) is 0. The molecule has 4 rings (SSSR count). The summed E-state index contributed by atoms with van der Waals surface area (Å²) in [5.74, 6) is -0.400. The van der Waals surface area contributed by atoms with Gasteiger partial charge in [0.05, 0.1) is 23.9 Å². The van der Waals surface area contributed by atoms with E-state index in [1.807, 2.05) is 0 Å². The minimum atomic E-state index is -0.393. The molecule has 2 heterocycles. The lowest BCUT2D eigenvalue weighted by Crippen LogP contribution is -2.34. The number of fused-ring (bicyclic) bond motifs is 1. The lowest BCUT2D eigenvalue weighted by atomic mass is 10.0. The molecule has 140 valence electrons. The van der Waals surface area contributed by atoms with Gasteiger partial charge < -0.3 is 9.73 Å². The standard InChI is InChI=1S/C21H22N2O4/c24-19(22-15-6-3-1-2-4-7-15)14-9-10-17-18(12-14)21(26)23(20(17)25)13-16-8-5-11-27-16/h5,8-12,15H,1-4,6-7,13H2,(H,22,24). The average molecular weight is 366 g/mol. The molecule has 1 N–H and O–H groups in total. The maximum atomic E-state index is 12.7. The van der Waals surface area contributed by atoms with Crippen LogP contribution in [0.5, 0.6) is 0 Å². The van der Waals surface area contributed by atoms with Gasteiger partial charge in [-0.2, -0.15) is 0 Å². The number of nitrogens with zero attached hydrogens (tertiary/aromatic N) is 1. The van der Waals surface area contributed by atoms with Crippen LogP contribution < -0.4 is 5.32 Å². The van der Waals surface area contributed by atoms with Crippen LogP contribution in [0, 0.1) is 0 Å². The van der Waals surface area contributed by atoms with E-state index in [0.717, 1.165) is 30.6 Å². The van der Waals surface area contributed by atoms with E-state index in [1.54, 1.807) is 24.3 Å². The minimum absolute atomic E-state index is 0.0863. The van der Waals surface area contributed by atoms with E-state index in [0.29, 0.717) is 16.9 Å². The van der Waals surface area contributed by atoms with Crippen molar-refractivity contribution in [3.63, 3.8) is 0 Å². The third kappa shape index (κ3) is 3.52. The van der Waals surface area contributed by atoms with Crippen molar-refractivity contribution in [3.8, 4) is 0 Å². The number of hydrogen-bond acceptors (Lipinski definition) is 4. The number of carbonyl (C=O) groups excluding carboxylic acids is 3. The molecule has 1 aliphatic carbocycles. The maximum absolute atomic E-state index is 12.7. The van der Waals surface area contributed by atoms with E-state index in [1.165, 1.54) is 25.2 Å². The molecule has 1 aliphatic heterocycles. The Hall–Kier alpha value is -2.89. The van der Waals surface area contributed by atoms with Crippen LogP contribution in [0.15, 0.2) is 41.0 Å². The van der Waals surface area contributed by atoms with Crippen molar-refractivity contribution in [2.24, 2.45) is 0 Å². The number of nitrogens with one attached hydrogen (secondary N) is 1. The summed E-state index contributed by atoms with van der Waals surface area (Å²) >= 11 is 0. The zero-order chi connectivity index (χ0) is 18.8. The van der Waals surface area contributed by atoms with E-state index < -0.39 is 5.91 Å². The summed E-state index contributed by atoms with van der Waals surface area (Å²) in [5, 5.41) is 3.08. The van der Waals surface area contributed by atoms with Gasteiger partial charge in [-0.15, -0.1) is 0 Å². The fourth-order valence-electron chi connectivity index (χ4n) is 3.83. The van der Waals surface area contributed by atoms with Crippen LogP contribution >= 0.6 is 0 Å². The topological polar surface area (TPSA) is 79.6 Å². The van der Waals surface area contributed by atoms with Crippen molar-refractivity contribution in [1.29, 1.82) is 0 Å². The Morgan fingerprint density at radius 1 is 1.04 bits per heavy atom. The van der Waals surface area contributed by atoms with Crippen LogP contribution in [0.1, 0.15) is 75.4 Å². The Morgan fingerprint density at radius 3 is 2.48 bits per heavy atom. The molecule has 2 aromatic rings. The molecule has 0 unspecified atom stereocenters. The molecule has 0 atom stereocenters. The lowest BCUT2D eigenvalue weighted by molar-refractivity contribution is 0.0631. The fourth-order valence-corrected chi connectivity index (χ4v) is 3.83. The van der Waals surface area contributed by atoms with Gasteiger partial charge in [0.1, 0.15) is 5.76 Å². The van der Waals surface area contributed by atoms with Crippen molar-refractivity contribution in [2.45, 2.75) is 51.1 Å². The SMILES string of the molecule is O=C(NC1CCCCCC1)c1ccc2c(c1)C(=O)N(Cc1ccco1)C2=O. The molecule has 2 aliphatic rings. The van der Waals surface area contributed by atoms with Gasteiger partial charge in [-0.05, 0) is 43.2 Å². The van der Waals surface area contributed by atoms with Gasteiger partial charge >= 0.3 is 0 Å². The Balaban J connectivity index is 1.51. The molecule has 6 heteroatoms. The van der Waals surface area contributed by atoms with Gasteiger partial charge in [0, 0.05) is 11.6 Å². The number of imide groups is 1. The summed E-state index contributed by atoms with van der Waals surface area (Å²) in [5.41, 5.74) is 1.02. The molecule has 3 amide bonds. The molecule has 1 aromatic heterocycles. The van der Waals surface area contributed by atoms with Crippen molar-refractivity contribution < 1.29 is 18.8 Å². The summed E-state index contributed by atoms with van der Waals surface area (Å²) in [4.78, 5) is 39.0. The minimum Gasteiger partial charge on any atom is -0.467 e. The number of rotatable bonds is 4. The first-order valence-electron chi connectivity index (χ1n) is 9.47. The van der Waals surface area contributed by atoms with Crippen molar-refractivity contribution in [3.05, 3.63) is 59.0 Å². The molecule has 1 fully saturated rings. The van der Waals surface area contributed by atoms with E-state index in [2.05, 4.69) is 5.32 Å². The Bertz CT molecular complexity index is 864. The van der Waals surface area contributed by atoms with E-state index in [9.17, 15) is 14.4 Å². The fraction of sp³-hybridized carbons (Fsp3) is 0.381. The van der Waals surface area contributed by atoms with E-state index >= 15 is 0 Å². The van der Waals surface area contributed by atoms with Crippen LogP contribution in [-0.4, -0.2) is 28.7 Å². The maximum Gasteiger partial charge on any atom is 0.261 e. The van der Waals surface area contributed by atoms with Crippen molar-refractivity contribution >= 4 is 17.7 Å². The highest BCUT2D eigenvalue weighted by Gasteiger charge is 2.36. The van der Waals surface area contributed by atoms with E-state index in [4.69, 9.17) is 4.42 Å². The predicted molar refractivity (Wildman–Crippen MR) is 98.3 cm³/mol. The first-order valence-corrected chi connectivity index (χ1v) is 9.47.